The van der Waals surface area contributed by atoms with Gasteiger partial charge in [-0.1, -0.05) is 19.0 Å². The van der Waals surface area contributed by atoms with Gasteiger partial charge in [-0.25, -0.2) is 0 Å². The van der Waals surface area contributed by atoms with Crippen LogP contribution in [0.5, 0.6) is 0 Å². The molecule has 0 N–H and O–H groups in total. The number of halogens is 3. The first-order valence-electron chi connectivity index (χ1n) is 5.90. The SMILES string of the molecule is CCOC(=O)C(CC)(CC)c1nc(C(F)(F)F)no1. The van der Waals surface area contributed by atoms with Gasteiger partial charge in [0.2, 0.25) is 5.89 Å². The number of ether oxygens (including phenoxy) is 1. The minimum atomic E-state index is -4.70. The van der Waals surface area contributed by atoms with Gasteiger partial charge in [0.15, 0.2) is 0 Å². The minimum Gasteiger partial charge on any atom is -0.465 e. The first kappa shape index (κ1) is 15.5. The van der Waals surface area contributed by atoms with Crippen LogP contribution in [0.4, 0.5) is 13.2 Å². The second-order valence-electron chi connectivity index (χ2n) is 3.93. The molecule has 5 nitrogen and oxygen atoms in total. The third-order valence-corrected chi connectivity index (χ3v) is 2.96. The van der Waals surface area contributed by atoms with Gasteiger partial charge in [0.05, 0.1) is 6.61 Å². The van der Waals surface area contributed by atoms with Gasteiger partial charge >= 0.3 is 12.1 Å². The first-order valence-corrected chi connectivity index (χ1v) is 5.90. The molecule has 0 bridgehead atoms. The summed E-state index contributed by atoms with van der Waals surface area (Å²) in [4.78, 5) is 15.3. The first-order chi connectivity index (χ1) is 8.81. The largest absolute Gasteiger partial charge is 0.465 e. The number of hydrogen-bond donors (Lipinski definition) is 0. The Balaban J connectivity index is 3.19. The van der Waals surface area contributed by atoms with E-state index < -0.39 is 23.4 Å². The summed E-state index contributed by atoms with van der Waals surface area (Å²) in [7, 11) is 0. The van der Waals surface area contributed by atoms with E-state index in [1.807, 2.05) is 0 Å². The number of nitrogens with zero attached hydrogens (tertiary/aromatic N) is 2. The highest BCUT2D eigenvalue weighted by Gasteiger charge is 2.46. The van der Waals surface area contributed by atoms with E-state index in [1.165, 1.54) is 0 Å². The Morgan fingerprint density at radius 3 is 2.21 bits per heavy atom. The van der Waals surface area contributed by atoms with Crippen LogP contribution in [0.15, 0.2) is 4.52 Å². The van der Waals surface area contributed by atoms with Gasteiger partial charge in [-0.3, -0.25) is 4.79 Å². The monoisotopic (exact) mass is 280 g/mol. The number of aromatic nitrogens is 2. The Kier molecular flexibility index (Phi) is 4.54. The molecule has 0 unspecified atom stereocenters. The molecule has 0 aliphatic heterocycles. The number of carbonyl (C=O) groups is 1. The van der Waals surface area contributed by atoms with E-state index in [9.17, 15) is 18.0 Å². The average molecular weight is 280 g/mol. The van der Waals surface area contributed by atoms with E-state index in [0.29, 0.717) is 0 Å². The molecule has 19 heavy (non-hydrogen) atoms. The van der Waals surface area contributed by atoms with Crippen LogP contribution < -0.4 is 0 Å². The van der Waals surface area contributed by atoms with Crippen LogP contribution in [0.25, 0.3) is 0 Å². The lowest BCUT2D eigenvalue weighted by atomic mass is 9.82. The fraction of sp³-hybridized carbons (Fsp3) is 0.727. The second kappa shape index (κ2) is 5.58. The maximum absolute atomic E-state index is 12.4. The quantitative estimate of drug-likeness (QED) is 0.776. The lowest BCUT2D eigenvalue weighted by molar-refractivity contribution is -0.152. The summed E-state index contributed by atoms with van der Waals surface area (Å²) in [6.07, 6.45) is -4.28. The molecule has 1 rings (SSSR count). The van der Waals surface area contributed by atoms with Gasteiger partial charge in [-0.2, -0.15) is 18.2 Å². The second-order valence-corrected chi connectivity index (χ2v) is 3.93. The van der Waals surface area contributed by atoms with Crippen molar-refractivity contribution in [1.82, 2.24) is 10.1 Å². The molecule has 0 saturated heterocycles. The third kappa shape index (κ3) is 2.87. The van der Waals surface area contributed by atoms with Crippen molar-refractivity contribution in [1.29, 1.82) is 0 Å². The van der Waals surface area contributed by atoms with Crippen LogP contribution in [0.1, 0.15) is 45.3 Å². The van der Waals surface area contributed by atoms with Crippen molar-refractivity contribution in [2.45, 2.75) is 45.2 Å². The Morgan fingerprint density at radius 1 is 1.26 bits per heavy atom. The van der Waals surface area contributed by atoms with Crippen molar-refractivity contribution >= 4 is 5.97 Å². The van der Waals surface area contributed by atoms with Gasteiger partial charge in [0, 0.05) is 0 Å². The molecule has 0 fully saturated rings. The van der Waals surface area contributed by atoms with Crippen molar-refractivity contribution < 1.29 is 27.2 Å². The van der Waals surface area contributed by atoms with Crippen molar-refractivity contribution in [3.8, 4) is 0 Å². The summed E-state index contributed by atoms with van der Waals surface area (Å²) in [5.41, 5.74) is -1.33. The van der Waals surface area contributed by atoms with E-state index in [-0.39, 0.29) is 25.3 Å². The summed E-state index contributed by atoms with van der Waals surface area (Å²) >= 11 is 0. The van der Waals surface area contributed by atoms with Gasteiger partial charge in [0.1, 0.15) is 5.41 Å². The van der Waals surface area contributed by atoms with Crippen molar-refractivity contribution in [2.75, 3.05) is 6.61 Å². The maximum Gasteiger partial charge on any atom is 0.455 e. The highest BCUT2D eigenvalue weighted by atomic mass is 19.4. The molecule has 108 valence electrons. The molecule has 0 saturated carbocycles. The lowest BCUT2D eigenvalue weighted by Gasteiger charge is -2.24. The van der Waals surface area contributed by atoms with E-state index in [4.69, 9.17) is 4.74 Å². The highest BCUT2D eigenvalue weighted by Crippen LogP contribution is 2.34. The summed E-state index contributed by atoms with van der Waals surface area (Å²) in [5, 5.41) is 2.87. The Labute approximate surface area is 108 Å². The zero-order valence-electron chi connectivity index (χ0n) is 10.9. The summed E-state index contributed by atoms with van der Waals surface area (Å²) in [5.74, 6) is -2.40. The fourth-order valence-corrected chi connectivity index (χ4v) is 1.73. The van der Waals surface area contributed by atoms with Crippen LogP contribution in [-0.2, 0) is 21.1 Å². The highest BCUT2D eigenvalue weighted by molar-refractivity contribution is 5.81. The molecular formula is C11H15F3N2O3. The molecule has 0 spiro atoms. The maximum atomic E-state index is 12.4. The van der Waals surface area contributed by atoms with Crippen LogP contribution in [0, 0.1) is 0 Å². The number of alkyl halides is 3. The normalized spacial score (nSPS) is 12.5. The van der Waals surface area contributed by atoms with Crippen molar-refractivity contribution in [3.05, 3.63) is 11.7 Å². The summed E-state index contributed by atoms with van der Waals surface area (Å²) in [6.45, 7) is 5.04. The fourth-order valence-electron chi connectivity index (χ4n) is 1.73. The molecule has 0 amide bonds. The molecule has 0 radical (unpaired) electrons. The standard InChI is InChI=1S/C11H15F3N2O3/c1-4-10(5-2,9(17)18-6-3)8-15-7(16-19-8)11(12,13)14/h4-6H2,1-3H3. The molecule has 0 aliphatic rings. The molecule has 1 aromatic rings. The van der Waals surface area contributed by atoms with Crippen molar-refractivity contribution in [3.63, 3.8) is 0 Å². The summed E-state index contributed by atoms with van der Waals surface area (Å²) < 4.78 is 46.9. The lowest BCUT2D eigenvalue weighted by Crippen LogP contribution is -2.37. The Hall–Kier alpha value is -1.60. The molecule has 0 atom stereocenters. The van der Waals surface area contributed by atoms with E-state index in [2.05, 4.69) is 14.7 Å². The number of rotatable bonds is 5. The number of carbonyl (C=O) groups excluding carboxylic acids is 1. The van der Waals surface area contributed by atoms with Gasteiger partial charge in [0.25, 0.3) is 5.82 Å². The number of hydrogen-bond acceptors (Lipinski definition) is 5. The third-order valence-electron chi connectivity index (χ3n) is 2.96. The predicted octanol–water partition coefficient (Wildman–Crippen LogP) is 2.71. The van der Waals surface area contributed by atoms with E-state index >= 15 is 0 Å². The molecule has 0 aromatic carbocycles. The summed E-state index contributed by atoms with van der Waals surface area (Å²) in [6, 6.07) is 0. The van der Waals surface area contributed by atoms with E-state index in [0.717, 1.165) is 0 Å². The molecule has 1 aromatic heterocycles. The number of esters is 1. The Bertz CT molecular complexity index is 439. The van der Waals surface area contributed by atoms with Gasteiger partial charge < -0.3 is 9.26 Å². The zero-order valence-corrected chi connectivity index (χ0v) is 10.9. The van der Waals surface area contributed by atoms with Crippen LogP contribution >= 0.6 is 0 Å². The predicted molar refractivity (Wildman–Crippen MR) is 58.2 cm³/mol. The van der Waals surface area contributed by atoms with Crippen molar-refractivity contribution in [2.24, 2.45) is 0 Å². The van der Waals surface area contributed by atoms with Crippen LogP contribution in [0.2, 0.25) is 0 Å². The molecular weight excluding hydrogens is 265 g/mol. The van der Waals surface area contributed by atoms with Crippen LogP contribution in [-0.4, -0.2) is 22.7 Å². The molecule has 0 aliphatic carbocycles. The minimum absolute atomic E-state index is 0.126. The molecule has 1 heterocycles. The topological polar surface area (TPSA) is 65.2 Å². The van der Waals surface area contributed by atoms with Crippen LogP contribution in [0.3, 0.4) is 0 Å². The van der Waals surface area contributed by atoms with E-state index in [1.54, 1.807) is 20.8 Å². The average Bonchev–Trinajstić information content (AvgIpc) is 2.81. The van der Waals surface area contributed by atoms with Gasteiger partial charge in [-0.15, -0.1) is 0 Å². The smallest absolute Gasteiger partial charge is 0.455 e. The molecule has 8 heteroatoms. The van der Waals surface area contributed by atoms with Gasteiger partial charge in [-0.05, 0) is 19.8 Å². The Morgan fingerprint density at radius 2 is 1.84 bits per heavy atom. The zero-order chi connectivity index (χ0) is 14.7.